The molecule has 2 aliphatic rings. The van der Waals surface area contributed by atoms with Crippen molar-refractivity contribution >= 4 is 28.0 Å². The summed E-state index contributed by atoms with van der Waals surface area (Å²) in [7, 11) is -6.66. The molecule has 2 saturated heterocycles. The van der Waals surface area contributed by atoms with E-state index in [0.717, 1.165) is 0 Å². The molecule has 2 aliphatic heterocycles. The lowest BCUT2D eigenvalue weighted by molar-refractivity contribution is -0.153. The van der Waals surface area contributed by atoms with Gasteiger partial charge in [-0.15, -0.1) is 0 Å². The monoisotopic (exact) mass is 621 g/mol. The Labute approximate surface area is 247 Å². The highest BCUT2D eigenvalue weighted by atomic mass is 31.2. The van der Waals surface area contributed by atoms with Crippen LogP contribution >= 0.6 is 7.82 Å². The lowest BCUT2D eigenvalue weighted by Gasteiger charge is -2.40. The number of phosphoric acid groups is 1. The Morgan fingerprint density at radius 1 is 1.15 bits per heavy atom. The Balaban J connectivity index is 2.17. The number of carbonyl (C=O) groups is 2. The van der Waals surface area contributed by atoms with Crippen LogP contribution in [-0.2, 0) is 46.4 Å². The van der Waals surface area contributed by atoms with E-state index in [1.165, 1.54) is 0 Å². The molecule has 0 aromatic heterocycles. The number of amides is 1. The molecule has 2 heterocycles. The molecule has 0 aliphatic carbocycles. The van der Waals surface area contributed by atoms with Gasteiger partial charge in [0.05, 0.1) is 50.4 Å². The van der Waals surface area contributed by atoms with Gasteiger partial charge in [0.25, 0.3) is 0 Å². The fraction of sp³-hybridized carbons (Fsp3) is 0.889. The maximum absolute atomic E-state index is 14.0. The SMILES string of the molecule is [2H]C[C@H]1O[C@@H](C)[C@@H](O[Si](C)(C)C(C)(C)C)C1OP(=O)(OCCC#N)OC[C@H]1O[C@@H](C)CC1OC(=O)CCC(=O)NCC. The number of nitrogens with one attached hydrogen (secondary N) is 1. The first-order chi connectivity index (χ1) is 19.6. The van der Waals surface area contributed by atoms with Gasteiger partial charge < -0.3 is 24.0 Å². The zero-order valence-electron chi connectivity index (χ0n) is 26.7. The lowest BCUT2D eigenvalue weighted by Crippen LogP contribution is -2.49. The van der Waals surface area contributed by atoms with Gasteiger partial charge in [0.2, 0.25) is 5.91 Å². The van der Waals surface area contributed by atoms with Crippen molar-refractivity contribution in [2.45, 2.75) is 135 Å². The highest BCUT2D eigenvalue weighted by molar-refractivity contribution is 7.48. The topological polar surface area (TPSA) is 152 Å². The van der Waals surface area contributed by atoms with E-state index in [0.29, 0.717) is 13.0 Å². The van der Waals surface area contributed by atoms with Gasteiger partial charge in [-0.05, 0) is 45.8 Å². The molecule has 41 heavy (non-hydrogen) atoms. The van der Waals surface area contributed by atoms with Crippen LogP contribution in [-0.4, -0.2) is 82.7 Å². The van der Waals surface area contributed by atoms with Crippen LogP contribution in [0.2, 0.25) is 18.1 Å². The number of carbonyl (C=O) groups excluding carboxylic acids is 2. The van der Waals surface area contributed by atoms with E-state index in [9.17, 15) is 14.2 Å². The minimum atomic E-state index is -4.34. The molecule has 3 unspecified atom stereocenters. The summed E-state index contributed by atoms with van der Waals surface area (Å²) in [5.74, 6) is -0.801. The average molecular weight is 622 g/mol. The van der Waals surface area contributed by atoms with Gasteiger partial charge in [0.1, 0.15) is 24.4 Å². The molecule has 14 heteroatoms. The number of hydrogen-bond donors (Lipinski definition) is 1. The van der Waals surface area contributed by atoms with E-state index >= 15 is 0 Å². The van der Waals surface area contributed by atoms with Crippen LogP contribution < -0.4 is 5.32 Å². The average Bonchev–Trinajstić information content (AvgIpc) is 3.38. The van der Waals surface area contributed by atoms with Crippen LogP contribution in [0.15, 0.2) is 0 Å². The number of nitriles is 1. The van der Waals surface area contributed by atoms with E-state index in [-0.39, 0.29) is 56.4 Å². The predicted molar refractivity (Wildman–Crippen MR) is 153 cm³/mol. The highest BCUT2D eigenvalue weighted by Gasteiger charge is 2.51. The number of esters is 1. The third-order valence-electron chi connectivity index (χ3n) is 7.49. The second kappa shape index (κ2) is 15.4. The zero-order valence-corrected chi connectivity index (χ0v) is 27.6. The summed E-state index contributed by atoms with van der Waals surface area (Å²) in [6.45, 7) is 15.7. The third kappa shape index (κ3) is 10.7. The van der Waals surface area contributed by atoms with Crippen molar-refractivity contribution in [3.05, 3.63) is 0 Å². The molecular formula is C27H49N2O10PSi. The van der Waals surface area contributed by atoms with Crippen molar-refractivity contribution in [1.82, 2.24) is 5.32 Å². The van der Waals surface area contributed by atoms with E-state index in [4.69, 9.17) is 38.8 Å². The number of ether oxygens (including phenoxy) is 3. The first-order valence-corrected chi connectivity index (χ1v) is 18.6. The molecule has 0 spiro atoms. The zero-order chi connectivity index (χ0) is 31.7. The van der Waals surface area contributed by atoms with Crippen LogP contribution in [0.4, 0.5) is 0 Å². The number of nitrogens with zero attached hydrogens (tertiary/aromatic N) is 1. The Hall–Kier alpha value is -1.36. The van der Waals surface area contributed by atoms with Crippen molar-refractivity contribution in [1.29, 1.82) is 5.26 Å². The van der Waals surface area contributed by atoms with Gasteiger partial charge in [0.15, 0.2) is 8.32 Å². The Bertz CT molecular complexity index is 991. The molecule has 2 fully saturated rings. The summed E-state index contributed by atoms with van der Waals surface area (Å²) in [4.78, 5) is 24.1. The molecular weight excluding hydrogens is 571 g/mol. The van der Waals surface area contributed by atoms with Crippen molar-refractivity contribution < 1.29 is 47.7 Å². The summed E-state index contributed by atoms with van der Waals surface area (Å²) < 4.78 is 63.3. The summed E-state index contributed by atoms with van der Waals surface area (Å²) in [6.07, 6.45) is -4.21. The van der Waals surface area contributed by atoms with Crippen molar-refractivity contribution in [2.24, 2.45) is 0 Å². The molecule has 2 rings (SSSR count). The molecule has 0 radical (unpaired) electrons. The fourth-order valence-corrected chi connectivity index (χ4v) is 7.01. The van der Waals surface area contributed by atoms with Gasteiger partial charge in [-0.2, -0.15) is 5.26 Å². The predicted octanol–water partition coefficient (Wildman–Crippen LogP) is 4.63. The minimum Gasteiger partial charge on any atom is -0.459 e. The maximum Gasteiger partial charge on any atom is 0.475 e. The highest BCUT2D eigenvalue weighted by Crippen LogP contribution is 2.54. The normalized spacial score (nSPS) is 30.3. The first-order valence-electron chi connectivity index (χ1n) is 14.9. The van der Waals surface area contributed by atoms with Crippen LogP contribution in [0.1, 0.15) is 75.5 Å². The molecule has 0 aromatic carbocycles. The fourth-order valence-electron chi connectivity index (χ4n) is 4.25. The van der Waals surface area contributed by atoms with Crippen LogP contribution in [0.25, 0.3) is 0 Å². The van der Waals surface area contributed by atoms with Crippen molar-refractivity contribution in [2.75, 3.05) is 19.8 Å². The number of hydrogen-bond acceptors (Lipinski definition) is 11. The van der Waals surface area contributed by atoms with Gasteiger partial charge >= 0.3 is 13.8 Å². The lowest BCUT2D eigenvalue weighted by atomic mass is 10.1. The molecule has 1 amide bonds. The molecule has 12 nitrogen and oxygen atoms in total. The number of phosphoric ester groups is 1. The quantitative estimate of drug-likeness (QED) is 0.118. The first kappa shape index (κ1) is 34.1. The van der Waals surface area contributed by atoms with Crippen LogP contribution in [0.5, 0.6) is 0 Å². The minimum absolute atomic E-state index is 0.00388. The summed E-state index contributed by atoms with van der Waals surface area (Å²) in [5, 5.41) is 11.5. The molecule has 0 aromatic rings. The van der Waals surface area contributed by atoms with E-state index in [1.807, 2.05) is 19.9 Å². The van der Waals surface area contributed by atoms with Gasteiger partial charge in [-0.25, -0.2) is 4.57 Å². The van der Waals surface area contributed by atoms with Crippen LogP contribution in [0.3, 0.4) is 0 Å². The van der Waals surface area contributed by atoms with Crippen molar-refractivity contribution in [3.63, 3.8) is 0 Å². The largest absolute Gasteiger partial charge is 0.475 e. The van der Waals surface area contributed by atoms with Crippen LogP contribution in [0, 0.1) is 11.3 Å². The molecule has 236 valence electrons. The summed E-state index contributed by atoms with van der Waals surface area (Å²) >= 11 is 0. The van der Waals surface area contributed by atoms with E-state index < -0.39 is 58.7 Å². The molecule has 8 atom stereocenters. The third-order valence-corrected chi connectivity index (χ3v) is 13.4. The standard InChI is InChI=1S/C27H49N2O10PSi/c1-10-29-23(30)12-13-24(31)37-21-16-18(2)35-22(21)17-34-40(32,33-15-11-14-28)38-25-19(3)36-20(4)26(25)39-41(8,9)27(5,6)7/h18-22,25-26H,10-13,15-17H2,1-9H3,(H,29,30)/t18-,19+,20-,21?,22+,25?,26+,40?/m0/s1/i3D. The van der Waals surface area contributed by atoms with Gasteiger partial charge in [-0.1, -0.05) is 20.8 Å². The smallest absolute Gasteiger partial charge is 0.459 e. The second-order valence-electron chi connectivity index (χ2n) is 12.0. The van der Waals surface area contributed by atoms with E-state index in [1.54, 1.807) is 6.92 Å². The molecule has 1 N–H and O–H groups in total. The maximum atomic E-state index is 14.0. The summed E-state index contributed by atoms with van der Waals surface area (Å²) in [5.41, 5.74) is 0. The van der Waals surface area contributed by atoms with Gasteiger partial charge in [-0.3, -0.25) is 23.2 Å². The van der Waals surface area contributed by atoms with E-state index in [2.05, 4.69) is 39.2 Å². The Morgan fingerprint density at radius 2 is 1.85 bits per heavy atom. The van der Waals surface area contributed by atoms with Crippen molar-refractivity contribution in [3.8, 4) is 6.07 Å². The second-order valence-corrected chi connectivity index (χ2v) is 18.4. The molecule has 0 bridgehead atoms. The summed E-state index contributed by atoms with van der Waals surface area (Å²) in [6, 6.07) is 1.94. The van der Waals surface area contributed by atoms with Gasteiger partial charge in [0, 0.05) is 20.8 Å². The molecule has 0 saturated carbocycles. The Kier molecular flexibility index (Phi) is 12.8. The number of rotatable bonds is 15. The Morgan fingerprint density at radius 3 is 2.46 bits per heavy atom.